The molecule has 1 heterocycles. The predicted octanol–water partition coefficient (Wildman–Crippen LogP) is 5.08. The number of halogens is 2. The van der Waals surface area contributed by atoms with Gasteiger partial charge in [0.2, 0.25) is 5.91 Å². The van der Waals surface area contributed by atoms with Crippen molar-refractivity contribution in [3.8, 4) is 11.5 Å². The average Bonchev–Trinajstić information content (AvgIpc) is 3.10. The first-order chi connectivity index (χ1) is 17.2. The first-order valence-corrected chi connectivity index (χ1v) is 11.7. The molecule has 2 aromatic carbocycles. The first-order valence-electron chi connectivity index (χ1n) is 10.9. The fourth-order valence-corrected chi connectivity index (χ4v) is 3.97. The highest BCUT2D eigenvalue weighted by atomic mass is 35.5. The zero-order chi connectivity index (χ0) is 26.2. The largest absolute Gasteiger partial charge is 0.496 e. The summed E-state index contributed by atoms with van der Waals surface area (Å²) in [5, 5.41) is 20.5. The second kappa shape index (κ2) is 12.4. The maximum Gasteiger partial charge on any atom is 0.312 e. The number of ether oxygens (including phenoxy) is 2. The molecule has 0 fully saturated rings. The van der Waals surface area contributed by atoms with Gasteiger partial charge in [0.25, 0.3) is 0 Å². The van der Waals surface area contributed by atoms with Gasteiger partial charge in [0.1, 0.15) is 22.9 Å². The lowest BCUT2D eigenvalue weighted by molar-refractivity contribution is -0.386. The maximum absolute atomic E-state index is 12.1. The minimum Gasteiger partial charge on any atom is -0.496 e. The van der Waals surface area contributed by atoms with Crippen molar-refractivity contribution in [2.24, 2.45) is 5.10 Å². The van der Waals surface area contributed by atoms with Crippen molar-refractivity contribution in [1.29, 1.82) is 0 Å². The Kier molecular flexibility index (Phi) is 9.26. The van der Waals surface area contributed by atoms with Crippen molar-refractivity contribution in [3.05, 3.63) is 79.1 Å². The Hall–Kier alpha value is -3.63. The standard InChI is InChI=1S/C24H25Cl2N5O5/c1-15-24(31(33)34)16(2)30(29-15)14-18-11-17(6-8-21(18)35-3)13-27-28-23(32)5-4-10-36-22-9-7-19(25)12-20(22)26/h6-9,11-13H,4-5,10,14H2,1-3H3,(H,28,32)/b27-13+. The zero-order valence-electron chi connectivity index (χ0n) is 20.0. The van der Waals surface area contributed by atoms with Crippen molar-refractivity contribution in [3.63, 3.8) is 0 Å². The molecule has 0 radical (unpaired) electrons. The van der Waals surface area contributed by atoms with E-state index in [1.165, 1.54) is 6.21 Å². The third kappa shape index (κ3) is 6.96. The molecule has 0 unspecified atom stereocenters. The Morgan fingerprint density at radius 2 is 1.97 bits per heavy atom. The van der Waals surface area contributed by atoms with Gasteiger partial charge in [-0.15, -0.1) is 0 Å². The van der Waals surface area contributed by atoms with E-state index in [1.807, 2.05) is 6.07 Å². The molecule has 0 aliphatic carbocycles. The lowest BCUT2D eigenvalue weighted by atomic mass is 10.1. The van der Waals surface area contributed by atoms with Crippen LogP contribution in [-0.4, -0.2) is 40.5 Å². The zero-order valence-corrected chi connectivity index (χ0v) is 21.5. The number of hydrogen-bond donors (Lipinski definition) is 1. The highest BCUT2D eigenvalue weighted by molar-refractivity contribution is 6.35. The molecule has 0 spiro atoms. The minimum absolute atomic E-state index is 0.00365. The number of amides is 1. The second-order valence-corrected chi connectivity index (χ2v) is 8.67. The van der Waals surface area contributed by atoms with E-state index in [4.69, 9.17) is 32.7 Å². The summed E-state index contributed by atoms with van der Waals surface area (Å²) in [6.07, 6.45) is 2.20. The number of carbonyl (C=O) groups is 1. The average molecular weight is 534 g/mol. The summed E-state index contributed by atoms with van der Waals surface area (Å²) in [5.41, 5.74) is 4.75. The summed E-state index contributed by atoms with van der Waals surface area (Å²) in [4.78, 5) is 22.9. The fraction of sp³-hybridized carbons (Fsp3) is 0.292. The van der Waals surface area contributed by atoms with Gasteiger partial charge < -0.3 is 9.47 Å². The molecule has 0 saturated heterocycles. The van der Waals surface area contributed by atoms with E-state index in [0.717, 1.165) is 5.56 Å². The molecule has 12 heteroatoms. The molecule has 1 amide bonds. The molecule has 0 atom stereocenters. The van der Waals surface area contributed by atoms with E-state index in [-0.39, 0.29) is 24.6 Å². The molecule has 0 aliphatic rings. The smallest absolute Gasteiger partial charge is 0.312 e. The van der Waals surface area contributed by atoms with Gasteiger partial charge in [-0.05, 0) is 62.2 Å². The lowest BCUT2D eigenvalue weighted by Crippen LogP contribution is -2.18. The normalized spacial score (nSPS) is 11.0. The molecule has 0 aliphatic heterocycles. The molecular weight excluding hydrogens is 509 g/mol. The first kappa shape index (κ1) is 27.0. The van der Waals surface area contributed by atoms with Crippen LogP contribution in [0.1, 0.15) is 35.4 Å². The quantitative estimate of drug-likeness (QED) is 0.159. The van der Waals surface area contributed by atoms with Crippen LogP contribution in [0.4, 0.5) is 5.69 Å². The Bertz CT molecular complexity index is 1290. The van der Waals surface area contributed by atoms with Crippen molar-refractivity contribution in [2.75, 3.05) is 13.7 Å². The van der Waals surface area contributed by atoms with Crippen LogP contribution in [0, 0.1) is 24.0 Å². The minimum atomic E-state index is -0.434. The van der Waals surface area contributed by atoms with Crippen LogP contribution in [0.15, 0.2) is 41.5 Å². The van der Waals surface area contributed by atoms with E-state index in [2.05, 4.69) is 15.6 Å². The number of carbonyl (C=O) groups excluding carboxylic acids is 1. The Balaban J connectivity index is 1.55. The van der Waals surface area contributed by atoms with Gasteiger partial charge in [-0.1, -0.05) is 23.2 Å². The molecule has 190 valence electrons. The van der Waals surface area contributed by atoms with Crippen LogP contribution < -0.4 is 14.9 Å². The van der Waals surface area contributed by atoms with Gasteiger partial charge in [0.05, 0.1) is 36.4 Å². The molecule has 36 heavy (non-hydrogen) atoms. The second-order valence-electron chi connectivity index (χ2n) is 7.83. The molecular formula is C24H25Cl2N5O5. The van der Waals surface area contributed by atoms with E-state index >= 15 is 0 Å². The molecule has 3 rings (SSSR count). The van der Waals surface area contributed by atoms with Gasteiger partial charge in [0.15, 0.2) is 0 Å². The van der Waals surface area contributed by atoms with Crippen LogP contribution in [0.25, 0.3) is 0 Å². The Morgan fingerprint density at radius 3 is 2.64 bits per heavy atom. The molecule has 0 bridgehead atoms. The monoisotopic (exact) mass is 533 g/mol. The summed E-state index contributed by atoms with van der Waals surface area (Å²) in [6.45, 7) is 3.84. The van der Waals surface area contributed by atoms with Gasteiger partial charge in [-0.2, -0.15) is 10.2 Å². The fourth-order valence-electron chi connectivity index (χ4n) is 3.51. The van der Waals surface area contributed by atoms with Gasteiger partial charge in [-0.25, -0.2) is 5.43 Å². The van der Waals surface area contributed by atoms with Gasteiger partial charge >= 0.3 is 5.69 Å². The Morgan fingerprint density at radius 1 is 1.22 bits per heavy atom. The van der Waals surface area contributed by atoms with Gasteiger partial charge in [-0.3, -0.25) is 19.6 Å². The topological polar surface area (TPSA) is 121 Å². The van der Waals surface area contributed by atoms with Crippen LogP contribution in [-0.2, 0) is 11.3 Å². The lowest BCUT2D eigenvalue weighted by Gasteiger charge is -2.10. The molecule has 3 aromatic rings. The number of nitrogens with zero attached hydrogens (tertiary/aromatic N) is 4. The maximum atomic E-state index is 12.1. The number of nitro groups is 1. The Labute approximate surface area is 218 Å². The number of aromatic nitrogens is 2. The van der Waals surface area contributed by atoms with Crippen molar-refractivity contribution in [1.82, 2.24) is 15.2 Å². The summed E-state index contributed by atoms with van der Waals surface area (Å²) in [7, 11) is 1.54. The van der Waals surface area contributed by atoms with Crippen LogP contribution in [0.2, 0.25) is 10.0 Å². The van der Waals surface area contributed by atoms with Crippen LogP contribution >= 0.6 is 23.2 Å². The molecule has 1 N–H and O–H groups in total. The summed E-state index contributed by atoms with van der Waals surface area (Å²) in [5.74, 6) is 0.845. The number of hydrazone groups is 1. The van der Waals surface area contributed by atoms with E-state index in [0.29, 0.717) is 51.5 Å². The molecule has 1 aromatic heterocycles. The summed E-state index contributed by atoms with van der Waals surface area (Å²) < 4.78 is 12.6. The van der Waals surface area contributed by atoms with Crippen molar-refractivity contribution in [2.45, 2.75) is 33.2 Å². The van der Waals surface area contributed by atoms with E-state index in [9.17, 15) is 14.9 Å². The SMILES string of the molecule is COc1ccc(/C=N/NC(=O)CCCOc2ccc(Cl)cc2Cl)cc1Cn1nc(C)c([N+](=O)[O-])c1C. The van der Waals surface area contributed by atoms with Gasteiger partial charge in [0, 0.05) is 17.0 Å². The predicted molar refractivity (Wildman–Crippen MR) is 137 cm³/mol. The van der Waals surface area contributed by atoms with Crippen LogP contribution in [0.3, 0.4) is 0 Å². The number of hydrogen-bond acceptors (Lipinski definition) is 7. The highest BCUT2D eigenvalue weighted by Crippen LogP contribution is 2.28. The molecule has 10 nitrogen and oxygen atoms in total. The summed E-state index contributed by atoms with van der Waals surface area (Å²) >= 11 is 11.9. The number of nitrogens with one attached hydrogen (secondary N) is 1. The van der Waals surface area contributed by atoms with Crippen molar-refractivity contribution >= 4 is 41.0 Å². The number of aryl methyl sites for hydroxylation is 1. The highest BCUT2D eigenvalue weighted by Gasteiger charge is 2.22. The van der Waals surface area contributed by atoms with E-state index < -0.39 is 4.92 Å². The van der Waals surface area contributed by atoms with Crippen LogP contribution in [0.5, 0.6) is 11.5 Å². The summed E-state index contributed by atoms with van der Waals surface area (Å²) in [6, 6.07) is 10.3. The third-order valence-corrected chi connectivity index (χ3v) is 5.78. The van der Waals surface area contributed by atoms with E-state index in [1.54, 1.807) is 56.0 Å². The number of rotatable bonds is 11. The number of methoxy groups -OCH3 is 1. The molecule has 0 saturated carbocycles. The van der Waals surface area contributed by atoms with Crippen molar-refractivity contribution < 1.29 is 19.2 Å². The number of benzene rings is 2. The third-order valence-electron chi connectivity index (χ3n) is 5.25.